The molecule has 1 amide bonds. The summed E-state index contributed by atoms with van der Waals surface area (Å²) in [7, 11) is 0. The lowest BCUT2D eigenvalue weighted by molar-refractivity contribution is 0.0706. The van der Waals surface area contributed by atoms with Gasteiger partial charge in [0.2, 0.25) is 0 Å². The molecule has 1 atom stereocenters. The highest BCUT2D eigenvalue weighted by molar-refractivity contribution is 5.94. The summed E-state index contributed by atoms with van der Waals surface area (Å²) in [5, 5.41) is 0. The van der Waals surface area contributed by atoms with Gasteiger partial charge >= 0.3 is 0 Å². The van der Waals surface area contributed by atoms with Crippen molar-refractivity contribution in [1.82, 2.24) is 19.3 Å². The summed E-state index contributed by atoms with van der Waals surface area (Å²) in [5.41, 5.74) is 5.79. The van der Waals surface area contributed by atoms with E-state index < -0.39 is 0 Å². The molecule has 5 heteroatoms. The van der Waals surface area contributed by atoms with Crippen molar-refractivity contribution in [2.24, 2.45) is 0 Å². The Balaban J connectivity index is 1.42. The van der Waals surface area contributed by atoms with Gasteiger partial charge in [0.15, 0.2) is 0 Å². The van der Waals surface area contributed by atoms with Gasteiger partial charge in [0.05, 0.1) is 17.6 Å². The first-order chi connectivity index (χ1) is 14.7. The van der Waals surface area contributed by atoms with Gasteiger partial charge < -0.3 is 4.90 Å². The summed E-state index contributed by atoms with van der Waals surface area (Å²) in [6.45, 7) is 3.58. The molecule has 30 heavy (non-hydrogen) atoms. The van der Waals surface area contributed by atoms with Crippen LogP contribution in [0.3, 0.4) is 0 Å². The van der Waals surface area contributed by atoms with Crippen LogP contribution in [-0.2, 0) is 0 Å². The van der Waals surface area contributed by atoms with Gasteiger partial charge in [0.1, 0.15) is 5.65 Å². The molecular weight excluding hydrogens is 372 g/mol. The van der Waals surface area contributed by atoms with E-state index in [1.807, 2.05) is 53.6 Å². The Bertz CT molecular complexity index is 1200. The van der Waals surface area contributed by atoms with Crippen molar-refractivity contribution in [1.29, 1.82) is 0 Å². The van der Waals surface area contributed by atoms with Crippen molar-refractivity contribution in [3.63, 3.8) is 0 Å². The van der Waals surface area contributed by atoms with E-state index >= 15 is 0 Å². The topological polar surface area (TPSA) is 50.5 Å². The molecule has 1 aliphatic rings. The fourth-order valence-corrected chi connectivity index (χ4v) is 4.26. The van der Waals surface area contributed by atoms with E-state index in [2.05, 4.69) is 40.7 Å². The van der Waals surface area contributed by atoms with Gasteiger partial charge in [-0.1, -0.05) is 30.3 Å². The lowest BCUT2D eigenvalue weighted by Crippen LogP contribution is -2.39. The number of carbonyl (C=O) groups excluding carboxylic acids is 1. The average Bonchev–Trinajstić information content (AvgIpc) is 3.22. The van der Waals surface area contributed by atoms with Crippen LogP contribution in [0.4, 0.5) is 0 Å². The highest BCUT2D eigenvalue weighted by Crippen LogP contribution is 2.29. The molecule has 5 nitrogen and oxygen atoms in total. The number of likely N-dealkylation sites (tertiary alicyclic amines) is 1. The maximum Gasteiger partial charge on any atom is 0.253 e. The van der Waals surface area contributed by atoms with Crippen LogP contribution in [0.15, 0.2) is 73.1 Å². The van der Waals surface area contributed by atoms with Crippen LogP contribution in [0.1, 0.15) is 40.4 Å². The molecule has 1 aromatic carbocycles. The fourth-order valence-electron chi connectivity index (χ4n) is 4.26. The van der Waals surface area contributed by atoms with Gasteiger partial charge in [-0.25, -0.2) is 4.98 Å². The predicted octanol–water partition coefficient (Wildman–Crippen LogP) is 4.72. The first kappa shape index (κ1) is 18.6. The molecule has 0 bridgehead atoms. The Kier molecular flexibility index (Phi) is 4.79. The second-order valence-corrected chi connectivity index (χ2v) is 7.98. The molecule has 0 radical (unpaired) electrons. The quantitative estimate of drug-likeness (QED) is 0.503. The Hall–Kier alpha value is -3.47. The zero-order chi connectivity index (χ0) is 20.5. The third-order valence-electron chi connectivity index (χ3n) is 5.83. The average molecular weight is 396 g/mol. The van der Waals surface area contributed by atoms with Crippen LogP contribution >= 0.6 is 0 Å². The van der Waals surface area contributed by atoms with Crippen LogP contribution < -0.4 is 0 Å². The summed E-state index contributed by atoms with van der Waals surface area (Å²) in [5.74, 6) is 0.348. The Morgan fingerprint density at radius 3 is 2.77 bits per heavy atom. The molecule has 0 saturated carbocycles. The number of aromatic nitrogens is 3. The van der Waals surface area contributed by atoms with E-state index in [-0.39, 0.29) is 11.8 Å². The molecule has 0 spiro atoms. The Morgan fingerprint density at radius 2 is 1.90 bits per heavy atom. The van der Waals surface area contributed by atoms with E-state index in [4.69, 9.17) is 4.98 Å². The summed E-state index contributed by atoms with van der Waals surface area (Å²) in [4.78, 5) is 24.4. The summed E-state index contributed by atoms with van der Waals surface area (Å²) < 4.78 is 2.09. The van der Waals surface area contributed by atoms with Gasteiger partial charge in [-0.3, -0.25) is 14.2 Å². The second kappa shape index (κ2) is 7.75. The molecule has 0 aliphatic carbocycles. The number of amides is 1. The smallest absolute Gasteiger partial charge is 0.253 e. The highest BCUT2D eigenvalue weighted by atomic mass is 16.2. The Labute approximate surface area is 176 Å². The van der Waals surface area contributed by atoms with Gasteiger partial charge in [-0.15, -0.1) is 0 Å². The maximum atomic E-state index is 12.9. The number of nitrogens with zero attached hydrogens (tertiary/aromatic N) is 4. The zero-order valence-corrected chi connectivity index (χ0v) is 17.0. The van der Waals surface area contributed by atoms with Crippen molar-refractivity contribution in [2.45, 2.75) is 25.7 Å². The summed E-state index contributed by atoms with van der Waals surface area (Å²) >= 11 is 0. The molecule has 5 rings (SSSR count). The number of hydrogen-bond acceptors (Lipinski definition) is 3. The van der Waals surface area contributed by atoms with Crippen LogP contribution in [0.2, 0.25) is 0 Å². The standard InChI is InChI=1S/C25H24N4O/c1-18-12-13-24-26-15-23(29(24)16-18)22-11-5-10-21(27-22)20-9-6-14-28(17-20)25(30)19-7-3-2-4-8-19/h2-5,7-8,10-13,15-16,20H,6,9,14,17H2,1H3/t20-/m1/s1. The summed E-state index contributed by atoms with van der Waals surface area (Å²) in [6.07, 6.45) is 6.01. The number of aryl methyl sites for hydroxylation is 1. The largest absolute Gasteiger partial charge is 0.338 e. The minimum Gasteiger partial charge on any atom is -0.338 e. The van der Waals surface area contributed by atoms with Crippen molar-refractivity contribution in [2.75, 3.05) is 13.1 Å². The van der Waals surface area contributed by atoms with Crippen molar-refractivity contribution >= 4 is 11.6 Å². The van der Waals surface area contributed by atoms with E-state index in [0.717, 1.165) is 47.7 Å². The number of rotatable bonds is 3. The van der Waals surface area contributed by atoms with Crippen LogP contribution in [0.25, 0.3) is 17.0 Å². The van der Waals surface area contributed by atoms with Crippen molar-refractivity contribution in [3.05, 3.63) is 89.9 Å². The lowest BCUT2D eigenvalue weighted by atomic mass is 9.93. The number of carbonyl (C=O) groups is 1. The summed E-state index contributed by atoms with van der Waals surface area (Å²) in [6, 6.07) is 19.8. The third-order valence-corrected chi connectivity index (χ3v) is 5.83. The monoisotopic (exact) mass is 396 g/mol. The molecule has 1 aliphatic heterocycles. The maximum absolute atomic E-state index is 12.9. The van der Waals surface area contributed by atoms with Crippen molar-refractivity contribution in [3.8, 4) is 11.4 Å². The third kappa shape index (κ3) is 3.47. The normalized spacial score (nSPS) is 16.7. The molecule has 0 N–H and O–H groups in total. The van der Waals surface area contributed by atoms with E-state index in [1.165, 1.54) is 5.56 Å². The number of piperidine rings is 1. The molecule has 150 valence electrons. The first-order valence-corrected chi connectivity index (χ1v) is 10.4. The van der Waals surface area contributed by atoms with Gasteiger partial charge in [-0.05, 0) is 55.7 Å². The van der Waals surface area contributed by atoms with Crippen molar-refractivity contribution < 1.29 is 4.79 Å². The van der Waals surface area contributed by atoms with Gasteiger partial charge in [0, 0.05) is 36.5 Å². The Morgan fingerprint density at radius 1 is 1.03 bits per heavy atom. The number of fused-ring (bicyclic) bond motifs is 1. The zero-order valence-electron chi connectivity index (χ0n) is 17.0. The molecular formula is C25H24N4O. The highest BCUT2D eigenvalue weighted by Gasteiger charge is 2.26. The molecule has 1 saturated heterocycles. The molecule has 4 heterocycles. The van der Waals surface area contributed by atoms with Gasteiger partial charge in [0.25, 0.3) is 5.91 Å². The number of hydrogen-bond donors (Lipinski definition) is 0. The lowest BCUT2D eigenvalue weighted by Gasteiger charge is -2.32. The second-order valence-electron chi connectivity index (χ2n) is 7.98. The molecule has 1 fully saturated rings. The number of benzene rings is 1. The van der Waals surface area contributed by atoms with Crippen LogP contribution in [-0.4, -0.2) is 38.3 Å². The minimum absolute atomic E-state index is 0.105. The molecule has 3 aromatic heterocycles. The van der Waals surface area contributed by atoms with Gasteiger partial charge in [-0.2, -0.15) is 0 Å². The first-order valence-electron chi connectivity index (χ1n) is 10.4. The van der Waals surface area contributed by atoms with Crippen LogP contribution in [0, 0.1) is 6.92 Å². The van der Waals surface area contributed by atoms with E-state index in [0.29, 0.717) is 6.54 Å². The fraction of sp³-hybridized carbons (Fsp3) is 0.240. The minimum atomic E-state index is 0.105. The molecule has 0 unspecified atom stereocenters. The number of imidazole rings is 1. The molecule has 4 aromatic rings. The number of pyridine rings is 2. The SMILES string of the molecule is Cc1ccc2ncc(-c3cccc([C@@H]4CCCN(C(=O)c5ccccc5)C4)n3)n2c1. The van der Waals surface area contributed by atoms with E-state index in [9.17, 15) is 4.79 Å². The predicted molar refractivity (Wildman–Crippen MR) is 117 cm³/mol. The van der Waals surface area contributed by atoms with E-state index in [1.54, 1.807) is 0 Å². The van der Waals surface area contributed by atoms with Crippen LogP contribution in [0.5, 0.6) is 0 Å².